The number of fused-ring (bicyclic) bond motifs is 1. The van der Waals surface area contributed by atoms with E-state index in [0.717, 1.165) is 10.9 Å². The van der Waals surface area contributed by atoms with Crippen molar-refractivity contribution in [1.29, 1.82) is 5.26 Å². The van der Waals surface area contributed by atoms with E-state index in [-0.39, 0.29) is 32.7 Å². The van der Waals surface area contributed by atoms with Gasteiger partial charge in [0.25, 0.3) is 0 Å². The normalized spacial score (nSPS) is 9.11. The van der Waals surface area contributed by atoms with Crippen molar-refractivity contribution in [2.45, 2.75) is 34.6 Å². The SMILES string of the molecule is Cc1c(C)c(C)c2ncc(C#N)[c-]c2c1C.[CH2-]C.[Y+3]. The Morgan fingerprint density at radius 2 is 1.58 bits per heavy atom. The van der Waals surface area contributed by atoms with Crippen LogP contribution in [-0.4, -0.2) is 4.98 Å². The summed E-state index contributed by atoms with van der Waals surface area (Å²) in [7, 11) is 0. The molecule has 1 heterocycles. The average molecular weight is 327 g/mol. The minimum absolute atomic E-state index is 0. The maximum atomic E-state index is 8.86. The van der Waals surface area contributed by atoms with E-state index in [0.29, 0.717) is 5.56 Å². The van der Waals surface area contributed by atoms with Gasteiger partial charge in [-0.05, 0) is 44.1 Å². The Morgan fingerprint density at radius 3 is 2.11 bits per heavy atom. The Morgan fingerprint density at radius 1 is 1.05 bits per heavy atom. The van der Waals surface area contributed by atoms with Crippen molar-refractivity contribution in [3.8, 4) is 6.07 Å². The summed E-state index contributed by atoms with van der Waals surface area (Å²) < 4.78 is 0. The van der Waals surface area contributed by atoms with E-state index in [1.54, 1.807) is 13.1 Å². The van der Waals surface area contributed by atoms with Gasteiger partial charge in [0.2, 0.25) is 0 Å². The first-order valence-corrected chi connectivity index (χ1v) is 5.95. The van der Waals surface area contributed by atoms with Crippen LogP contribution in [0.2, 0.25) is 0 Å². The molecule has 1 aromatic carbocycles. The number of hydrogen-bond donors (Lipinski definition) is 0. The van der Waals surface area contributed by atoms with Crippen LogP contribution in [0.25, 0.3) is 10.9 Å². The van der Waals surface area contributed by atoms with Crippen molar-refractivity contribution >= 4 is 10.9 Å². The predicted molar refractivity (Wildman–Crippen MR) is 75.3 cm³/mol. The van der Waals surface area contributed by atoms with Crippen LogP contribution in [0.1, 0.15) is 34.7 Å². The summed E-state index contributed by atoms with van der Waals surface area (Å²) in [5, 5.41) is 9.83. The second kappa shape index (κ2) is 7.73. The molecule has 3 heteroatoms. The van der Waals surface area contributed by atoms with E-state index in [1.807, 2.05) is 0 Å². The summed E-state index contributed by atoms with van der Waals surface area (Å²) in [6.07, 6.45) is 1.59. The summed E-state index contributed by atoms with van der Waals surface area (Å²) in [6.45, 7) is 13.3. The van der Waals surface area contributed by atoms with E-state index < -0.39 is 0 Å². The van der Waals surface area contributed by atoms with Gasteiger partial charge in [0.05, 0.1) is 0 Å². The van der Waals surface area contributed by atoms with Crippen LogP contribution in [0.4, 0.5) is 0 Å². The number of aromatic nitrogens is 1. The summed E-state index contributed by atoms with van der Waals surface area (Å²) in [5.41, 5.74) is 6.34. The van der Waals surface area contributed by atoms with Crippen molar-refractivity contribution in [1.82, 2.24) is 4.98 Å². The zero-order chi connectivity index (χ0) is 13.9. The van der Waals surface area contributed by atoms with Crippen molar-refractivity contribution in [3.63, 3.8) is 0 Å². The number of rotatable bonds is 0. The smallest absolute Gasteiger partial charge is 0.346 e. The Balaban J connectivity index is 0.00000103. The first-order chi connectivity index (χ1) is 8.56. The van der Waals surface area contributed by atoms with Gasteiger partial charge in [-0.3, -0.25) is 0 Å². The summed E-state index contributed by atoms with van der Waals surface area (Å²) >= 11 is 0. The van der Waals surface area contributed by atoms with Gasteiger partial charge in [-0.2, -0.15) is 6.92 Å². The summed E-state index contributed by atoms with van der Waals surface area (Å²) in [5.74, 6) is 0. The van der Waals surface area contributed by atoms with Gasteiger partial charge in [-0.15, -0.1) is 11.6 Å². The number of aryl methyl sites for hydroxylation is 2. The minimum atomic E-state index is 0. The maximum absolute atomic E-state index is 8.86. The van der Waals surface area contributed by atoms with E-state index in [4.69, 9.17) is 5.26 Å². The van der Waals surface area contributed by atoms with Gasteiger partial charge >= 0.3 is 32.7 Å². The Kier molecular flexibility index (Phi) is 7.41. The van der Waals surface area contributed by atoms with Crippen molar-refractivity contribution < 1.29 is 32.7 Å². The minimum Gasteiger partial charge on any atom is -0.346 e. The fourth-order valence-corrected chi connectivity index (χ4v) is 1.96. The molecule has 0 radical (unpaired) electrons. The molecule has 1 aromatic heterocycles. The molecule has 19 heavy (non-hydrogen) atoms. The van der Waals surface area contributed by atoms with Crippen molar-refractivity contribution in [3.05, 3.63) is 47.0 Å². The van der Waals surface area contributed by atoms with Crippen LogP contribution in [-0.2, 0) is 32.7 Å². The molecule has 0 saturated carbocycles. The largest absolute Gasteiger partial charge is 3.00 e. The van der Waals surface area contributed by atoms with Crippen molar-refractivity contribution in [2.24, 2.45) is 0 Å². The zero-order valence-electron chi connectivity index (χ0n) is 12.3. The molecule has 0 spiro atoms. The van der Waals surface area contributed by atoms with Crippen LogP contribution in [0, 0.1) is 52.0 Å². The van der Waals surface area contributed by atoms with Gasteiger partial charge in [0.15, 0.2) is 0 Å². The Labute approximate surface area is 141 Å². The monoisotopic (exact) mass is 327 g/mol. The average Bonchev–Trinajstić information content (AvgIpc) is 2.44. The fraction of sp³-hybridized carbons (Fsp3) is 0.312. The Hall–Kier alpha value is -0.776. The molecule has 0 saturated heterocycles. The maximum Gasteiger partial charge on any atom is 3.00 e. The third-order valence-electron chi connectivity index (χ3n) is 3.36. The summed E-state index contributed by atoms with van der Waals surface area (Å²) in [6, 6.07) is 5.21. The first-order valence-electron chi connectivity index (χ1n) is 5.95. The predicted octanol–water partition coefficient (Wildman–Crippen LogP) is 3.98. The molecule has 0 fully saturated rings. The molecule has 94 valence electrons. The van der Waals surface area contributed by atoms with Gasteiger partial charge in [0, 0.05) is 0 Å². The van der Waals surface area contributed by atoms with Crippen molar-refractivity contribution in [2.75, 3.05) is 0 Å². The van der Waals surface area contributed by atoms with Crippen LogP contribution in [0.15, 0.2) is 6.20 Å². The molecule has 0 aliphatic heterocycles. The molecule has 0 atom stereocenters. The molecule has 0 aliphatic rings. The number of benzene rings is 1. The zero-order valence-corrected chi connectivity index (χ0v) is 15.1. The molecule has 0 aliphatic carbocycles. The number of nitriles is 1. The third-order valence-corrected chi connectivity index (χ3v) is 3.36. The second-order valence-corrected chi connectivity index (χ2v) is 4.13. The molecule has 2 aromatic rings. The van der Waals surface area contributed by atoms with E-state index in [1.165, 1.54) is 22.3 Å². The number of hydrogen-bond acceptors (Lipinski definition) is 2. The van der Waals surface area contributed by atoms with Gasteiger partial charge in [0.1, 0.15) is 0 Å². The second-order valence-electron chi connectivity index (χ2n) is 4.13. The Bertz CT molecular complexity index is 625. The molecule has 2 nitrogen and oxygen atoms in total. The molecule has 0 bridgehead atoms. The fourth-order valence-electron chi connectivity index (χ4n) is 1.96. The van der Waals surface area contributed by atoms with Crippen LogP contribution in [0.5, 0.6) is 0 Å². The van der Waals surface area contributed by atoms with Crippen LogP contribution >= 0.6 is 0 Å². The van der Waals surface area contributed by atoms with Gasteiger partial charge < -0.3 is 11.9 Å². The van der Waals surface area contributed by atoms with Crippen LogP contribution in [0.3, 0.4) is 0 Å². The van der Waals surface area contributed by atoms with Gasteiger partial charge in [-0.1, -0.05) is 29.0 Å². The molecule has 0 amide bonds. The molecule has 2 rings (SSSR count). The third kappa shape index (κ3) is 3.41. The van der Waals surface area contributed by atoms with E-state index in [2.05, 4.69) is 51.7 Å². The molecular weight excluding hydrogens is 309 g/mol. The van der Waals surface area contributed by atoms with Gasteiger partial charge in [-0.25, -0.2) is 5.26 Å². The number of nitrogens with zero attached hydrogens (tertiary/aromatic N) is 2. The molecule has 0 unspecified atom stereocenters. The molecular formula is C16H18N2Y+. The van der Waals surface area contributed by atoms with E-state index in [9.17, 15) is 0 Å². The summed E-state index contributed by atoms with van der Waals surface area (Å²) in [4.78, 5) is 4.36. The van der Waals surface area contributed by atoms with E-state index >= 15 is 0 Å². The molecule has 0 N–H and O–H groups in total. The van der Waals surface area contributed by atoms with Crippen LogP contribution < -0.4 is 0 Å². The standard InChI is InChI=1S/C14H13N2.C2H5.Y/c1-8-9(2)11(4)14-13(10(8)3)5-12(6-15)7-16-14;1-2;/h7H,1-4H3;1H2,2H3;/q2*-1;+3. The number of pyridine rings is 1. The quantitative estimate of drug-likeness (QED) is 0.686. The first kappa shape index (κ1) is 18.2. The topological polar surface area (TPSA) is 36.7 Å².